The summed E-state index contributed by atoms with van der Waals surface area (Å²) in [5.74, 6) is 0.711. The van der Waals surface area contributed by atoms with Crippen LogP contribution >= 0.6 is 11.6 Å². The molecule has 13 heavy (non-hydrogen) atoms. The molecule has 2 rings (SSSR count). The number of aryl methyl sites for hydroxylation is 1. The van der Waals surface area contributed by atoms with Gasteiger partial charge >= 0.3 is 0 Å². The van der Waals surface area contributed by atoms with E-state index < -0.39 is 0 Å². The molecule has 0 heterocycles. The van der Waals surface area contributed by atoms with Crippen LogP contribution in [-0.2, 0) is 0 Å². The first-order chi connectivity index (χ1) is 6.25. The average Bonchev–Trinajstić information content (AvgIpc) is 2.53. The zero-order valence-electron chi connectivity index (χ0n) is 7.96. The van der Waals surface area contributed by atoms with Crippen LogP contribution in [0.3, 0.4) is 0 Å². The Morgan fingerprint density at radius 3 is 2.38 bits per heavy atom. The van der Waals surface area contributed by atoms with Crippen LogP contribution in [-0.4, -0.2) is 5.38 Å². The van der Waals surface area contributed by atoms with Crippen molar-refractivity contribution < 1.29 is 0 Å². The molecule has 1 aliphatic rings. The van der Waals surface area contributed by atoms with E-state index in [0.29, 0.717) is 11.3 Å². The monoisotopic (exact) mass is 194 g/mol. The maximum absolute atomic E-state index is 6.09. The van der Waals surface area contributed by atoms with Crippen molar-refractivity contribution in [2.24, 2.45) is 0 Å². The van der Waals surface area contributed by atoms with E-state index in [2.05, 4.69) is 31.2 Å². The first-order valence-electron chi connectivity index (χ1n) is 4.96. The van der Waals surface area contributed by atoms with E-state index >= 15 is 0 Å². The Labute approximate surface area is 84.9 Å². The minimum absolute atomic E-state index is 0.409. The van der Waals surface area contributed by atoms with E-state index in [4.69, 9.17) is 11.6 Å². The van der Waals surface area contributed by atoms with Gasteiger partial charge in [-0.25, -0.2) is 0 Å². The second kappa shape index (κ2) is 3.71. The second-order valence-corrected chi connectivity index (χ2v) is 4.64. The fourth-order valence-corrected chi connectivity index (χ4v) is 2.41. The van der Waals surface area contributed by atoms with Crippen molar-refractivity contribution in [1.82, 2.24) is 0 Å². The summed E-state index contributed by atoms with van der Waals surface area (Å²) >= 11 is 6.09. The number of halogens is 1. The molecule has 1 aromatic rings. The van der Waals surface area contributed by atoms with Crippen molar-refractivity contribution in [1.29, 1.82) is 0 Å². The Balaban J connectivity index is 2.13. The summed E-state index contributed by atoms with van der Waals surface area (Å²) in [4.78, 5) is 0. The van der Waals surface area contributed by atoms with Crippen molar-refractivity contribution in [2.75, 3.05) is 0 Å². The highest BCUT2D eigenvalue weighted by molar-refractivity contribution is 6.20. The summed E-state index contributed by atoms with van der Waals surface area (Å²) in [7, 11) is 0. The second-order valence-electron chi connectivity index (χ2n) is 4.02. The molecule has 2 unspecified atom stereocenters. The van der Waals surface area contributed by atoms with Crippen LogP contribution in [0.15, 0.2) is 24.3 Å². The minimum Gasteiger partial charge on any atom is -0.123 e. The Hall–Kier alpha value is -0.490. The Morgan fingerprint density at radius 1 is 1.15 bits per heavy atom. The smallest absolute Gasteiger partial charge is 0.0342 e. The summed E-state index contributed by atoms with van der Waals surface area (Å²) < 4.78 is 0. The van der Waals surface area contributed by atoms with Gasteiger partial charge in [0.2, 0.25) is 0 Å². The molecular weight excluding hydrogens is 180 g/mol. The molecule has 70 valence electrons. The average molecular weight is 195 g/mol. The maximum atomic E-state index is 6.09. The Kier molecular flexibility index (Phi) is 2.59. The van der Waals surface area contributed by atoms with E-state index in [0.717, 1.165) is 6.42 Å². The lowest BCUT2D eigenvalue weighted by atomic mass is 9.97. The van der Waals surface area contributed by atoms with Gasteiger partial charge in [-0.1, -0.05) is 29.8 Å². The predicted octanol–water partition coefficient (Wildman–Crippen LogP) is 3.87. The molecule has 2 atom stereocenters. The lowest BCUT2D eigenvalue weighted by Crippen LogP contribution is -1.94. The van der Waals surface area contributed by atoms with Crippen LogP contribution in [0.1, 0.15) is 36.3 Å². The fraction of sp³-hybridized carbons (Fsp3) is 0.500. The van der Waals surface area contributed by atoms with Crippen molar-refractivity contribution in [3.05, 3.63) is 35.4 Å². The molecular formula is C12H15Cl. The maximum Gasteiger partial charge on any atom is 0.0342 e. The predicted molar refractivity (Wildman–Crippen MR) is 57.4 cm³/mol. The highest BCUT2D eigenvalue weighted by atomic mass is 35.5. The molecule has 1 fully saturated rings. The lowest BCUT2D eigenvalue weighted by molar-refractivity contribution is 0.724. The van der Waals surface area contributed by atoms with Gasteiger partial charge < -0.3 is 0 Å². The Morgan fingerprint density at radius 2 is 1.85 bits per heavy atom. The molecule has 0 amide bonds. The van der Waals surface area contributed by atoms with Crippen LogP contribution < -0.4 is 0 Å². The van der Waals surface area contributed by atoms with Crippen LogP contribution in [0.4, 0.5) is 0 Å². The molecule has 0 nitrogen and oxygen atoms in total. The zero-order valence-corrected chi connectivity index (χ0v) is 8.72. The van der Waals surface area contributed by atoms with Gasteiger partial charge in [-0.3, -0.25) is 0 Å². The molecule has 0 spiro atoms. The molecule has 0 N–H and O–H groups in total. The summed E-state index contributed by atoms with van der Waals surface area (Å²) in [6, 6.07) is 8.87. The summed E-state index contributed by atoms with van der Waals surface area (Å²) in [5, 5.41) is 0.409. The molecule has 1 saturated carbocycles. The molecule has 1 aliphatic carbocycles. The van der Waals surface area contributed by atoms with Crippen molar-refractivity contribution >= 4 is 11.6 Å². The van der Waals surface area contributed by atoms with E-state index in [-0.39, 0.29) is 0 Å². The first-order valence-corrected chi connectivity index (χ1v) is 5.40. The van der Waals surface area contributed by atoms with Gasteiger partial charge in [-0.15, -0.1) is 11.6 Å². The molecule has 1 heteroatoms. The summed E-state index contributed by atoms with van der Waals surface area (Å²) in [5.41, 5.74) is 2.80. The largest absolute Gasteiger partial charge is 0.123 e. The van der Waals surface area contributed by atoms with Crippen LogP contribution in [0, 0.1) is 6.92 Å². The summed E-state index contributed by atoms with van der Waals surface area (Å²) in [6.07, 6.45) is 3.60. The number of hydrogen-bond donors (Lipinski definition) is 0. The van der Waals surface area contributed by atoms with Gasteiger partial charge in [-0.05, 0) is 37.7 Å². The molecule has 0 aromatic heterocycles. The van der Waals surface area contributed by atoms with Gasteiger partial charge in [0, 0.05) is 5.38 Å². The molecule has 0 saturated heterocycles. The topological polar surface area (TPSA) is 0 Å². The molecule has 0 radical (unpaired) electrons. The van der Waals surface area contributed by atoms with E-state index in [1.807, 2.05) is 0 Å². The normalized spacial score (nSPS) is 27.8. The molecule has 0 bridgehead atoms. The molecule has 0 aliphatic heterocycles. The number of alkyl halides is 1. The quantitative estimate of drug-likeness (QED) is 0.596. The van der Waals surface area contributed by atoms with Crippen molar-refractivity contribution in [2.45, 2.75) is 37.5 Å². The van der Waals surface area contributed by atoms with Gasteiger partial charge in [0.25, 0.3) is 0 Å². The highest BCUT2D eigenvalue weighted by Crippen LogP contribution is 2.36. The van der Waals surface area contributed by atoms with E-state index in [9.17, 15) is 0 Å². The first kappa shape index (κ1) is 9.08. The SMILES string of the molecule is Cc1ccc(C2CCC(Cl)C2)cc1. The van der Waals surface area contributed by atoms with Crippen molar-refractivity contribution in [3.63, 3.8) is 0 Å². The van der Waals surface area contributed by atoms with Crippen LogP contribution in [0.2, 0.25) is 0 Å². The fourth-order valence-electron chi connectivity index (χ4n) is 2.07. The summed E-state index contributed by atoms with van der Waals surface area (Å²) in [6.45, 7) is 2.13. The minimum atomic E-state index is 0.409. The van der Waals surface area contributed by atoms with Crippen LogP contribution in [0.5, 0.6) is 0 Å². The third-order valence-electron chi connectivity index (χ3n) is 2.92. The molecule has 1 aromatic carbocycles. The van der Waals surface area contributed by atoms with E-state index in [1.165, 1.54) is 24.0 Å². The lowest BCUT2D eigenvalue weighted by Gasteiger charge is -2.09. The third-order valence-corrected chi connectivity index (χ3v) is 3.31. The highest BCUT2D eigenvalue weighted by Gasteiger charge is 2.23. The van der Waals surface area contributed by atoms with Gasteiger partial charge in [0.05, 0.1) is 0 Å². The zero-order chi connectivity index (χ0) is 9.26. The number of hydrogen-bond acceptors (Lipinski definition) is 0. The van der Waals surface area contributed by atoms with E-state index in [1.54, 1.807) is 0 Å². The Bertz CT molecular complexity index is 276. The number of rotatable bonds is 1. The number of benzene rings is 1. The van der Waals surface area contributed by atoms with Gasteiger partial charge in [0.1, 0.15) is 0 Å². The van der Waals surface area contributed by atoms with Gasteiger partial charge in [0.15, 0.2) is 0 Å². The third kappa shape index (κ3) is 2.05. The van der Waals surface area contributed by atoms with Crippen LogP contribution in [0.25, 0.3) is 0 Å². The standard InChI is InChI=1S/C12H15Cl/c1-9-2-4-10(5-3-9)11-6-7-12(13)8-11/h2-5,11-12H,6-8H2,1H3. The van der Waals surface area contributed by atoms with Crippen molar-refractivity contribution in [3.8, 4) is 0 Å². The van der Waals surface area contributed by atoms with Gasteiger partial charge in [-0.2, -0.15) is 0 Å².